The third kappa shape index (κ3) is 6.43. The van der Waals surface area contributed by atoms with Crippen LogP contribution in [0.2, 0.25) is 0 Å². The maximum Gasteiger partial charge on any atom is 0.331 e. The van der Waals surface area contributed by atoms with Gasteiger partial charge in [-0.25, -0.2) is 9.59 Å². The standard InChI is InChI=1S/C20H18O5/c1-15-6-5-9-17(12-15)18(21)14-25-20(23)11-10-19(22)24-13-16-7-3-2-4-8-16/h2-12H,13-14H2,1H3/b11-10+. The van der Waals surface area contributed by atoms with Crippen LogP contribution in [-0.4, -0.2) is 24.3 Å². The molecule has 2 aromatic carbocycles. The predicted octanol–water partition coefficient (Wildman–Crippen LogP) is 3.02. The lowest BCUT2D eigenvalue weighted by atomic mass is 10.1. The normalized spacial score (nSPS) is 10.4. The van der Waals surface area contributed by atoms with Crippen LogP contribution in [0.1, 0.15) is 21.5 Å². The van der Waals surface area contributed by atoms with Gasteiger partial charge in [0.15, 0.2) is 12.4 Å². The number of Topliss-reactive ketones (excluding diaryl/α,β-unsaturated/α-hetero) is 1. The molecular formula is C20H18O5. The summed E-state index contributed by atoms with van der Waals surface area (Å²) in [7, 11) is 0. The Morgan fingerprint density at radius 3 is 2.24 bits per heavy atom. The van der Waals surface area contributed by atoms with Crippen LogP contribution in [-0.2, 0) is 25.7 Å². The molecule has 25 heavy (non-hydrogen) atoms. The minimum Gasteiger partial charge on any atom is -0.458 e. The van der Waals surface area contributed by atoms with E-state index in [0.29, 0.717) is 5.56 Å². The molecule has 128 valence electrons. The molecule has 0 unspecified atom stereocenters. The molecule has 0 aromatic heterocycles. The first-order valence-electron chi connectivity index (χ1n) is 7.70. The molecule has 0 saturated heterocycles. The molecular weight excluding hydrogens is 320 g/mol. The number of aryl methyl sites for hydroxylation is 1. The van der Waals surface area contributed by atoms with Gasteiger partial charge < -0.3 is 9.47 Å². The summed E-state index contributed by atoms with van der Waals surface area (Å²) in [5.41, 5.74) is 2.26. The molecule has 0 fully saturated rings. The van der Waals surface area contributed by atoms with E-state index in [4.69, 9.17) is 9.47 Å². The lowest BCUT2D eigenvalue weighted by Gasteiger charge is -2.03. The molecule has 5 nitrogen and oxygen atoms in total. The number of ether oxygens (including phenoxy) is 2. The highest BCUT2D eigenvalue weighted by Crippen LogP contribution is 2.05. The number of esters is 2. The van der Waals surface area contributed by atoms with Gasteiger partial charge in [0, 0.05) is 17.7 Å². The molecule has 0 aliphatic heterocycles. The van der Waals surface area contributed by atoms with E-state index in [1.807, 2.05) is 43.3 Å². The predicted molar refractivity (Wildman–Crippen MR) is 91.8 cm³/mol. The lowest BCUT2D eigenvalue weighted by molar-refractivity contribution is -0.140. The van der Waals surface area contributed by atoms with Crippen molar-refractivity contribution in [2.24, 2.45) is 0 Å². The summed E-state index contributed by atoms with van der Waals surface area (Å²) in [5.74, 6) is -1.75. The minimum atomic E-state index is -0.780. The Morgan fingerprint density at radius 1 is 0.880 bits per heavy atom. The van der Waals surface area contributed by atoms with Gasteiger partial charge in [-0.1, -0.05) is 54.1 Å². The zero-order valence-electron chi connectivity index (χ0n) is 13.8. The third-order valence-electron chi connectivity index (χ3n) is 3.26. The first-order chi connectivity index (χ1) is 12.0. The molecule has 0 N–H and O–H groups in total. The van der Waals surface area contributed by atoms with Gasteiger partial charge in [0.2, 0.25) is 0 Å². The summed E-state index contributed by atoms with van der Waals surface area (Å²) in [6.45, 7) is 1.60. The molecule has 0 saturated carbocycles. The van der Waals surface area contributed by atoms with Crippen LogP contribution in [0.5, 0.6) is 0 Å². The molecule has 0 aliphatic carbocycles. The molecule has 0 aliphatic rings. The van der Waals surface area contributed by atoms with E-state index in [1.165, 1.54) is 0 Å². The smallest absolute Gasteiger partial charge is 0.331 e. The Kier molecular flexibility index (Phi) is 6.65. The van der Waals surface area contributed by atoms with Gasteiger partial charge in [0.05, 0.1) is 0 Å². The second kappa shape index (κ2) is 9.17. The number of ketones is 1. The summed E-state index contributed by atoms with van der Waals surface area (Å²) >= 11 is 0. The maximum atomic E-state index is 11.9. The molecule has 0 bridgehead atoms. The molecule has 2 aromatic rings. The van der Waals surface area contributed by atoms with Crippen molar-refractivity contribution in [2.75, 3.05) is 6.61 Å². The largest absolute Gasteiger partial charge is 0.458 e. The molecule has 0 atom stereocenters. The van der Waals surface area contributed by atoms with E-state index in [9.17, 15) is 14.4 Å². The highest BCUT2D eigenvalue weighted by molar-refractivity contribution is 5.99. The Morgan fingerprint density at radius 2 is 1.56 bits per heavy atom. The number of benzene rings is 2. The molecule has 5 heteroatoms. The van der Waals surface area contributed by atoms with Crippen LogP contribution in [0.4, 0.5) is 0 Å². The SMILES string of the molecule is Cc1cccc(C(=O)COC(=O)/C=C/C(=O)OCc2ccccc2)c1. The van der Waals surface area contributed by atoms with Crippen LogP contribution in [0, 0.1) is 6.92 Å². The van der Waals surface area contributed by atoms with Gasteiger partial charge in [-0.3, -0.25) is 4.79 Å². The van der Waals surface area contributed by atoms with Crippen LogP contribution < -0.4 is 0 Å². The van der Waals surface area contributed by atoms with Gasteiger partial charge in [-0.2, -0.15) is 0 Å². The topological polar surface area (TPSA) is 69.7 Å². The van der Waals surface area contributed by atoms with Crippen molar-refractivity contribution in [3.63, 3.8) is 0 Å². The van der Waals surface area contributed by atoms with Crippen molar-refractivity contribution >= 4 is 17.7 Å². The molecule has 0 radical (unpaired) electrons. The fourth-order valence-corrected chi connectivity index (χ4v) is 2.00. The average molecular weight is 338 g/mol. The summed E-state index contributed by atoms with van der Waals surface area (Å²) in [6, 6.07) is 16.2. The van der Waals surface area contributed by atoms with Crippen molar-refractivity contribution in [1.82, 2.24) is 0 Å². The molecule has 0 spiro atoms. The van der Waals surface area contributed by atoms with E-state index in [0.717, 1.165) is 23.3 Å². The zero-order valence-corrected chi connectivity index (χ0v) is 13.8. The quantitative estimate of drug-likeness (QED) is 0.441. The summed E-state index contributed by atoms with van der Waals surface area (Å²) in [5, 5.41) is 0. The summed E-state index contributed by atoms with van der Waals surface area (Å²) in [6.07, 6.45) is 1.92. The van der Waals surface area contributed by atoms with Crippen molar-refractivity contribution in [1.29, 1.82) is 0 Å². The second-order valence-corrected chi connectivity index (χ2v) is 5.33. The van der Waals surface area contributed by atoms with Gasteiger partial charge in [-0.05, 0) is 18.6 Å². The Bertz CT molecular complexity index is 778. The maximum absolute atomic E-state index is 11.9. The number of carbonyl (C=O) groups is 3. The highest BCUT2D eigenvalue weighted by Gasteiger charge is 2.09. The van der Waals surface area contributed by atoms with Crippen molar-refractivity contribution < 1.29 is 23.9 Å². The molecule has 0 amide bonds. The highest BCUT2D eigenvalue weighted by atomic mass is 16.5. The van der Waals surface area contributed by atoms with Crippen LogP contribution in [0.25, 0.3) is 0 Å². The van der Waals surface area contributed by atoms with Crippen LogP contribution >= 0.6 is 0 Å². The van der Waals surface area contributed by atoms with Gasteiger partial charge in [0.1, 0.15) is 6.61 Å². The average Bonchev–Trinajstić information content (AvgIpc) is 2.63. The van der Waals surface area contributed by atoms with E-state index in [-0.39, 0.29) is 19.0 Å². The summed E-state index contributed by atoms with van der Waals surface area (Å²) < 4.78 is 9.81. The van der Waals surface area contributed by atoms with E-state index in [2.05, 4.69) is 0 Å². The number of hydrogen-bond acceptors (Lipinski definition) is 5. The van der Waals surface area contributed by atoms with Gasteiger partial charge in [0.25, 0.3) is 0 Å². The van der Waals surface area contributed by atoms with Gasteiger partial charge >= 0.3 is 11.9 Å². The first kappa shape index (κ1) is 18.1. The zero-order chi connectivity index (χ0) is 18.1. The Hall–Kier alpha value is -3.21. The van der Waals surface area contributed by atoms with E-state index in [1.54, 1.807) is 18.2 Å². The van der Waals surface area contributed by atoms with Gasteiger partial charge in [-0.15, -0.1) is 0 Å². The first-order valence-corrected chi connectivity index (χ1v) is 7.70. The minimum absolute atomic E-state index is 0.116. The third-order valence-corrected chi connectivity index (χ3v) is 3.26. The van der Waals surface area contributed by atoms with Crippen molar-refractivity contribution in [3.8, 4) is 0 Å². The fourth-order valence-electron chi connectivity index (χ4n) is 2.00. The molecule has 0 heterocycles. The van der Waals surface area contributed by atoms with E-state index < -0.39 is 11.9 Å². The Balaban J connectivity index is 1.74. The monoisotopic (exact) mass is 338 g/mol. The summed E-state index contributed by atoms with van der Waals surface area (Å²) in [4.78, 5) is 35.0. The van der Waals surface area contributed by atoms with E-state index >= 15 is 0 Å². The van der Waals surface area contributed by atoms with Crippen LogP contribution in [0.15, 0.2) is 66.7 Å². The van der Waals surface area contributed by atoms with Crippen molar-refractivity contribution in [3.05, 3.63) is 83.4 Å². The fraction of sp³-hybridized carbons (Fsp3) is 0.150. The van der Waals surface area contributed by atoms with Crippen LogP contribution in [0.3, 0.4) is 0 Å². The Labute approximate surface area is 145 Å². The number of carbonyl (C=O) groups excluding carboxylic acids is 3. The van der Waals surface area contributed by atoms with Crippen molar-refractivity contribution in [2.45, 2.75) is 13.5 Å². The number of hydrogen-bond donors (Lipinski definition) is 0. The molecule has 2 rings (SSSR count). The second-order valence-electron chi connectivity index (χ2n) is 5.33. The number of rotatable bonds is 7. The lowest BCUT2D eigenvalue weighted by Crippen LogP contribution is -2.13.